The predicted molar refractivity (Wildman–Crippen MR) is 132 cm³/mol. The Morgan fingerprint density at radius 3 is 2.61 bits per heavy atom. The van der Waals surface area contributed by atoms with E-state index in [0.717, 1.165) is 5.56 Å². The number of aliphatic hydroxyl groups excluding tert-OH is 1. The van der Waals surface area contributed by atoms with E-state index in [0.29, 0.717) is 55.4 Å². The number of hydrogen-bond donors (Lipinski definition) is 2. The number of nitrogens with one attached hydrogen (secondary N) is 1. The van der Waals surface area contributed by atoms with Crippen LogP contribution < -0.4 is 5.32 Å². The molecule has 1 aromatic heterocycles. The highest BCUT2D eigenvalue weighted by Gasteiger charge is 2.17. The highest BCUT2D eigenvalue weighted by atomic mass is 35.5. The standard InChI is InChI=1S/C24H19Cl3N4O2/c1-14-5-7-17(31-13-16(9-10-32)29-30-31)12-19(14)24(33)18-8-6-15(11-21(18)26)28-22-4-2-3-20(25)23(22)27/h2-8,11-13,28,32H,9-10H2,1H3. The first-order chi connectivity index (χ1) is 15.9. The first-order valence-electron chi connectivity index (χ1n) is 10.1. The molecule has 4 rings (SSSR count). The molecule has 0 saturated heterocycles. The van der Waals surface area contributed by atoms with Gasteiger partial charge in [-0.15, -0.1) is 5.10 Å². The normalized spacial score (nSPS) is 10.9. The monoisotopic (exact) mass is 500 g/mol. The molecule has 4 aromatic rings. The molecule has 6 nitrogen and oxygen atoms in total. The fourth-order valence-electron chi connectivity index (χ4n) is 3.33. The minimum absolute atomic E-state index is 0.0107. The van der Waals surface area contributed by atoms with Gasteiger partial charge in [0.15, 0.2) is 5.78 Å². The Balaban J connectivity index is 1.61. The summed E-state index contributed by atoms with van der Waals surface area (Å²) in [4.78, 5) is 13.3. The van der Waals surface area contributed by atoms with Crippen molar-refractivity contribution in [1.29, 1.82) is 0 Å². The van der Waals surface area contributed by atoms with Crippen molar-refractivity contribution in [3.63, 3.8) is 0 Å². The Hall–Kier alpha value is -2.90. The van der Waals surface area contributed by atoms with Crippen LogP contribution in [0.2, 0.25) is 15.1 Å². The number of rotatable bonds is 7. The zero-order chi connectivity index (χ0) is 23.5. The second-order valence-electron chi connectivity index (χ2n) is 7.38. The number of carbonyl (C=O) groups excluding carboxylic acids is 1. The number of carbonyl (C=O) groups is 1. The topological polar surface area (TPSA) is 80.0 Å². The Labute approximate surface area is 205 Å². The molecule has 2 N–H and O–H groups in total. The van der Waals surface area contributed by atoms with Gasteiger partial charge in [0.05, 0.1) is 38.3 Å². The molecule has 1 heterocycles. The number of aryl methyl sites for hydroxylation is 1. The highest BCUT2D eigenvalue weighted by Crippen LogP contribution is 2.33. The minimum atomic E-state index is -0.206. The molecule has 3 aromatic carbocycles. The van der Waals surface area contributed by atoms with Crippen molar-refractivity contribution in [2.24, 2.45) is 0 Å². The van der Waals surface area contributed by atoms with E-state index in [1.807, 2.05) is 19.1 Å². The van der Waals surface area contributed by atoms with Gasteiger partial charge in [-0.25, -0.2) is 4.68 Å². The largest absolute Gasteiger partial charge is 0.396 e. The number of nitrogens with zero attached hydrogens (tertiary/aromatic N) is 3. The summed E-state index contributed by atoms with van der Waals surface area (Å²) in [5, 5.41) is 21.5. The molecule has 0 aliphatic heterocycles. The third-order valence-electron chi connectivity index (χ3n) is 5.08. The van der Waals surface area contributed by atoms with Crippen LogP contribution >= 0.6 is 34.8 Å². The van der Waals surface area contributed by atoms with Gasteiger partial charge in [0.25, 0.3) is 0 Å². The number of halogens is 3. The number of aliphatic hydroxyl groups is 1. The maximum atomic E-state index is 13.3. The second-order valence-corrected chi connectivity index (χ2v) is 8.57. The average Bonchev–Trinajstić information content (AvgIpc) is 3.26. The van der Waals surface area contributed by atoms with Crippen molar-refractivity contribution in [2.75, 3.05) is 11.9 Å². The molecule has 0 bridgehead atoms. The zero-order valence-corrected chi connectivity index (χ0v) is 19.8. The maximum Gasteiger partial charge on any atom is 0.194 e. The zero-order valence-electron chi connectivity index (χ0n) is 17.5. The van der Waals surface area contributed by atoms with E-state index in [1.54, 1.807) is 53.3 Å². The third kappa shape index (κ3) is 5.04. The number of ketones is 1. The van der Waals surface area contributed by atoms with Gasteiger partial charge in [-0.05, 0) is 55.0 Å². The number of benzene rings is 3. The summed E-state index contributed by atoms with van der Waals surface area (Å²) >= 11 is 18.8. The van der Waals surface area contributed by atoms with Crippen molar-refractivity contribution >= 4 is 52.0 Å². The first kappa shape index (κ1) is 23.3. The van der Waals surface area contributed by atoms with Crippen LogP contribution in [0, 0.1) is 6.92 Å². The Bertz CT molecular complexity index is 1340. The van der Waals surface area contributed by atoms with Crippen LogP contribution in [0.1, 0.15) is 27.2 Å². The molecule has 0 aliphatic rings. The molecule has 0 saturated carbocycles. The van der Waals surface area contributed by atoms with Crippen molar-refractivity contribution in [2.45, 2.75) is 13.3 Å². The molecule has 0 aliphatic carbocycles. The van der Waals surface area contributed by atoms with Gasteiger partial charge in [0.1, 0.15) is 0 Å². The van der Waals surface area contributed by atoms with Gasteiger partial charge in [-0.2, -0.15) is 0 Å². The quantitative estimate of drug-likeness (QED) is 0.302. The molecule has 0 unspecified atom stereocenters. The molecule has 9 heteroatoms. The Morgan fingerprint density at radius 2 is 1.85 bits per heavy atom. The van der Waals surface area contributed by atoms with Crippen molar-refractivity contribution in [1.82, 2.24) is 15.0 Å². The van der Waals surface area contributed by atoms with Gasteiger partial charge < -0.3 is 10.4 Å². The predicted octanol–water partition coefficient (Wildman–Crippen LogP) is 6.05. The molecule has 0 fully saturated rings. The van der Waals surface area contributed by atoms with Gasteiger partial charge in [-0.1, -0.05) is 52.1 Å². The van der Waals surface area contributed by atoms with E-state index in [-0.39, 0.29) is 12.4 Å². The second kappa shape index (κ2) is 9.93. The fraction of sp³-hybridized carbons (Fsp3) is 0.125. The van der Waals surface area contributed by atoms with E-state index in [9.17, 15) is 4.79 Å². The van der Waals surface area contributed by atoms with Crippen LogP contribution in [-0.4, -0.2) is 32.5 Å². The smallest absolute Gasteiger partial charge is 0.194 e. The van der Waals surface area contributed by atoms with Gasteiger partial charge in [0, 0.05) is 29.8 Å². The maximum absolute atomic E-state index is 13.3. The summed E-state index contributed by atoms with van der Waals surface area (Å²) < 4.78 is 1.57. The van der Waals surface area contributed by atoms with E-state index >= 15 is 0 Å². The molecule has 0 amide bonds. The van der Waals surface area contributed by atoms with Gasteiger partial charge >= 0.3 is 0 Å². The highest BCUT2D eigenvalue weighted by molar-refractivity contribution is 6.43. The fourth-order valence-corrected chi connectivity index (χ4v) is 3.94. The van der Waals surface area contributed by atoms with Crippen LogP contribution in [0.3, 0.4) is 0 Å². The molecule has 0 spiro atoms. The van der Waals surface area contributed by atoms with Crippen LogP contribution in [-0.2, 0) is 6.42 Å². The molecule has 168 valence electrons. The van der Waals surface area contributed by atoms with E-state index in [2.05, 4.69) is 15.6 Å². The lowest BCUT2D eigenvalue weighted by Crippen LogP contribution is -2.07. The summed E-state index contributed by atoms with van der Waals surface area (Å²) in [6.07, 6.45) is 2.14. The average molecular weight is 502 g/mol. The van der Waals surface area contributed by atoms with Gasteiger partial charge in [0.2, 0.25) is 0 Å². The number of aromatic nitrogens is 3. The van der Waals surface area contributed by atoms with Crippen LogP contribution in [0.25, 0.3) is 5.69 Å². The van der Waals surface area contributed by atoms with E-state index < -0.39 is 0 Å². The summed E-state index contributed by atoms with van der Waals surface area (Å²) in [5.74, 6) is -0.206. The molecule has 0 atom stereocenters. The Morgan fingerprint density at radius 1 is 1.03 bits per heavy atom. The minimum Gasteiger partial charge on any atom is -0.396 e. The van der Waals surface area contributed by atoms with E-state index in [1.165, 1.54) is 0 Å². The third-order valence-corrected chi connectivity index (χ3v) is 6.22. The lowest BCUT2D eigenvalue weighted by Gasteiger charge is -2.12. The van der Waals surface area contributed by atoms with Gasteiger partial charge in [-0.3, -0.25) is 4.79 Å². The van der Waals surface area contributed by atoms with Crippen molar-refractivity contribution < 1.29 is 9.90 Å². The molecule has 33 heavy (non-hydrogen) atoms. The molecular weight excluding hydrogens is 483 g/mol. The molecular formula is C24H19Cl3N4O2. The van der Waals surface area contributed by atoms with Crippen LogP contribution in [0.15, 0.2) is 60.8 Å². The summed E-state index contributed by atoms with van der Waals surface area (Å²) in [7, 11) is 0. The summed E-state index contributed by atoms with van der Waals surface area (Å²) in [6.45, 7) is 1.85. The molecule has 0 radical (unpaired) electrons. The Kier molecular flexibility index (Phi) is 7.00. The van der Waals surface area contributed by atoms with Crippen LogP contribution in [0.5, 0.6) is 0 Å². The SMILES string of the molecule is Cc1ccc(-n2cc(CCO)nn2)cc1C(=O)c1ccc(Nc2cccc(Cl)c2Cl)cc1Cl. The van der Waals surface area contributed by atoms with Crippen LogP contribution in [0.4, 0.5) is 11.4 Å². The number of anilines is 2. The summed E-state index contributed by atoms with van der Waals surface area (Å²) in [5.41, 5.74) is 4.35. The van der Waals surface area contributed by atoms with E-state index in [4.69, 9.17) is 39.9 Å². The van der Waals surface area contributed by atoms with Crippen molar-refractivity contribution in [3.8, 4) is 5.69 Å². The summed E-state index contributed by atoms with van der Waals surface area (Å²) in [6, 6.07) is 15.8. The first-order valence-corrected chi connectivity index (χ1v) is 11.2. The lowest BCUT2D eigenvalue weighted by atomic mass is 9.98. The lowest BCUT2D eigenvalue weighted by molar-refractivity contribution is 0.103. The van der Waals surface area contributed by atoms with Crippen molar-refractivity contribution in [3.05, 3.63) is 98.2 Å². The number of hydrogen-bond acceptors (Lipinski definition) is 5.